The van der Waals surface area contributed by atoms with Crippen molar-refractivity contribution in [1.82, 2.24) is 19.8 Å². The van der Waals surface area contributed by atoms with Crippen molar-refractivity contribution in [1.29, 1.82) is 0 Å². The highest BCUT2D eigenvalue weighted by Crippen LogP contribution is 2.16. The number of nitrogen functional groups attached to an aromatic ring is 1. The zero-order valence-corrected chi connectivity index (χ0v) is 15.9. The van der Waals surface area contributed by atoms with Gasteiger partial charge in [0.25, 0.3) is 5.56 Å². The summed E-state index contributed by atoms with van der Waals surface area (Å²) in [6.07, 6.45) is 0. The Morgan fingerprint density at radius 3 is 2.81 bits per heavy atom. The fourth-order valence-electron chi connectivity index (χ4n) is 2.01. The molecule has 0 unspecified atom stereocenters. The van der Waals surface area contributed by atoms with E-state index in [-0.39, 0.29) is 35.0 Å². The maximum Gasteiger partial charge on any atom is 0.294 e. The van der Waals surface area contributed by atoms with Crippen LogP contribution in [0.25, 0.3) is 0 Å². The Hall–Kier alpha value is -3.08. The molecule has 0 aliphatic heterocycles. The summed E-state index contributed by atoms with van der Waals surface area (Å²) in [7, 11) is 3.04. The van der Waals surface area contributed by atoms with Crippen molar-refractivity contribution >= 4 is 29.3 Å². The molecule has 1 heterocycles. The summed E-state index contributed by atoms with van der Waals surface area (Å²) in [6, 6.07) is 6.89. The highest BCUT2D eigenvalue weighted by atomic mass is 32.2. The minimum atomic E-state index is -0.481. The average Bonchev–Trinajstić information content (AvgIpc) is 2.65. The average molecular weight is 392 g/mol. The minimum Gasteiger partial charge on any atom is -0.497 e. The van der Waals surface area contributed by atoms with Gasteiger partial charge in [0.2, 0.25) is 17.0 Å². The third-order valence-electron chi connectivity index (χ3n) is 3.50. The number of nitrogens with one attached hydrogen (secondary N) is 1. The zero-order valence-electron chi connectivity index (χ0n) is 15.1. The van der Waals surface area contributed by atoms with Crippen LogP contribution in [0.5, 0.6) is 5.75 Å². The number of benzene rings is 1. The Morgan fingerprint density at radius 2 is 2.11 bits per heavy atom. The van der Waals surface area contributed by atoms with E-state index in [1.54, 1.807) is 24.3 Å². The maximum absolute atomic E-state index is 12.2. The van der Waals surface area contributed by atoms with E-state index >= 15 is 0 Å². The molecule has 2 rings (SSSR count). The second-order valence-electron chi connectivity index (χ2n) is 5.56. The lowest BCUT2D eigenvalue weighted by Crippen LogP contribution is -2.36. The summed E-state index contributed by atoms with van der Waals surface area (Å²) in [6.45, 7) is 1.36. The number of carbonyl (C=O) groups is 2. The van der Waals surface area contributed by atoms with Crippen LogP contribution < -0.4 is 21.5 Å². The van der Waals surface area contributed by atoms with E-state index in [4.69, 9.17) is 10.6 Å². The van der Waals surface area contributed by atoms with E-state index in [0.717, 1.165) is 16.4 Å². The third-order valence-corrected chi connectivity index (χ3v) is 4.43. The van der Waals surface area contributed by atoms with Crippen molar-refractivity contribution in [2.45, 2.75) is 12.1 Å². The Labute approximate surface area is 159 Å². The van der Waals surface area contributed by atoms with Crippen LogP contribution in [-0.2, 0) is 9.59 Å². The second kappa shape index (κ2) is 9.03. The topological polar surface area (TPSA) is 132 Å². The first-order valence-corrected chi connectivity index (χ1v) is 8.82. The molecule has 10 nitrogen and oxygen atoms in total. The Balaban J connectivity index is 1.88. The maximum atomic E-state index is 12.2. The number of methoxy groups -OCH3 is 1. The quantitative estimate of drug-likeness (QED) is 0.491. The molecule has 0 spiro atoms. The van der Waals surface area contributed by atoms with Gasteiger partial charge in [0.05, 0.1) is 19.4 Å². The van der Waals surface area contributed by atoms with E-state index < -0.39 is 5.56 Å². The van der Waals surface area contributed by atoms with Crippen molar-refractivity contribution < 1.29 is 14.3 Å². The molecule has 0 aliphatic rings. The van der Waals surface area contributed by atoms with Gasteiger partial charge >= 0.3 is 0 Å². The number of amides is 2. The van der Waals surface area contributed by atoms with Crippen LogP contribution in [-0.4, -0.2) is 58.0 Å². The molecule has 0 fully saturated rings. The van der Waals surface area contributed by atoms with Gasteiger partial charge in [0.1, 0.15) is 11.4 Å². The number of nitrogens with two attached hydrogens (primary N) is 1. The van der Waals surface area contributed by atoms with Gasteiger partial charge in [-0.05, 0) is 19.1 Å². The number of ether oxygens (including phenoxy) is 1. The largest absolute Gasteiger partial charge is 0.497 e. The number of rotatable bonds is 7. The lowest BCUT2D eigenvalue weighted by atomic mass is 10.3. The van der Waals surface area contributed by atoms with E-state index in [0.29, 0.717) is 11.4 Å². The number of hydrogen-bond acceptors (Lipinski definition) is 8. The summed E-state index contributed by atoms with van der Waals surface area (Å²) < 4.78 is 5.93. The SMILES string of the molecule is COc1cccc(NC(=O)CN(C)C(=O)CSc2nnc(C)c(=O)n2N)c1. The predicted octanol–water partition coefficient (Wildman–Crippen LogP) is -0.142. The number of anilines is 1. The number of likely N-dealkylation sites (N-methyl/N-ethyl adjacent to an activating group) is 1. The first kappa shape index (κ1) is 20.2. The number of aryl methyl sites for hydroxylation is 1. The lowest BCUT2D eigenvalue weighted by Gasteiger charge is -2.17. The third kappa shape index (κ3) is 5.45. The normalized spacial score (nSPS) is 10.3. The van der Waals surface area contributed by atoms with Crippen molar-refractivity contribution in [3.05, 3.63) is 40.3 Å². The molecule has 27 heavy (non-hydrogen) atoms. The van der Waals surface area contributed by atoms with Crippen LogP contribution in [0.15, 0.2) is 34.2 Å². The fraction of sp³-hybridized carbons (Fsp3) is 0.312. The van der Waals surface area contributed by atoms with Gasteiger partial charge in [-0.25, -0.2) is 0 Å². The molecule has 3 N–H and O–H groups in total. The minimum absolute atomic E-state index is 0.0443. The van der Waals surface area contributed by atoms with Crippen molar-refractivity contribution in [2.75, 3.05) is 37.6 Å². The number of hydrogen-bond donors (Lipinski definition) is 2. The van der Waals surface area contributed by atoms with Crippen molar-refractivity contribution in [3.63, 3.8) is 0 Å². The number of carbonyl (C=O) groups excluding carboxylic acids is 2. The molecular weight excluding hydrogens is 372 g/mol. The van der Waals surface area contributed by atoms with Gasteiger partial charge in [-0.15, -0.1) is 10.2 Å². The van der Waals surface area contributed by atoms with E-state index in [1.807, 2.05) is 0 Å². The molecule has 0 radical (unpaired) electrons. The molecule has 144 valence electrons. The highest BCUT2D eigenvalue weighted by molar-refractivity contribution is 7.99. The van der Waals surface area contributed by atoms with Gasteiger partial charge in [-0.3, -0.25) is 14.4 Å². The summed E-state index contributed by atoms with van der Waals surface area (Å²) in [5.74, 6) is 5.51. The highest BCUT2D eigenvalue weighted by Gasteiger charge is 2.16. The van der Waals surface area contributed by atoms with Crippen molar-refractivity contribution in [3.8, 4) is 5.75 Å². The second-order valence-corrected chi connectivity index (χ2v) is 6.50. The summed E-state index contributed by atoms with van der Waals surface area (Å²) in [4.78, 5) is 37.3. The predicted molar refractivity (Wildman–Crippen MR) is 101 cm³/mol. The zero-order chi connectivity index (χ0) is 20.0. The lowest BCUT2D eigenvalue weighted by molar-refractivity contribution is -0.131. The molecule has 0 bridgehead atoms. The van der Waals surface area contributed by atoms with Crippen LogP contribution >= 0.6 is 11.8 Å². The summed E-state index contributed by atoms with van der Waals surface area (Å²) in [5, 5.41) is 10.3. The number of aromatic nitrogens is 3. The van der Waals surface area contributed by atoms with Gasteiger partial charge in [0, 0.05) is 18.8 Å². The molecule has 0 saturated heterocycles. The van der Waals surface area contributed by atoms with Gasteiger partial charge in [0.15, 0.2) is 0 Å². The molecule has 11 heteroatoms. The summed E-state index contributed by atoms with van der Waals surface area (Å²) >= 11 is 0.967. The van der Waals surface area contributed by atoms with Crippen LogP contribution in [0.3, 0.4) is 0 Å². The van der Waals surface area contributed by atoms with E-state index in [1.165, 1.54) is 26.0 Å². The molecular formula is C16H20N6O4S. The van der Waals surface area contributed by atoms with Crippen LogP contribution in [0, 0.1) is 6.92 Å². The van der Waals surface area contributed by atoms with Crippen LogP contribution in [0.1, 0.15) is 5.69 Å². The monoisotopic (exact) mass is 392 g/mol. The van der Waals surface area contributed by atoms with Gasteiger partial charge in [-0.1, -0.05) is 17.8 Å². The van der Waals surface area contributed by atoms with E-state index in [2.05, 4.69) is 15.5 Å². The molecule has 0 saturated carbocycles. The molecule has 2 amide bonds. The first-order valence-electron chi connectivity index (χ1n) is 7.84. The smallest absolute Gasteiger partial charge is 0.294 e. The van der Waals surface area contributed by atoms with Crippen molar-refractivity contribution in [2.24, 2.45) is 0 Å². The molecule has 1 aromatic carbocycles. The fourth-order valence-corrected chi connectivity index (χ4v) is 2.80. The van der Waals surface area contributed by atoms with Gasteiger partial charge in [-0.2, -0.15) is 4.68 Å². The summed E-state index contributed by atoms with van der Waals surface area (Å²) in [5.41, 5.74) is 0.252. The van der Waals surface area contributed by atoms with Crippen LogP contribution in [0.2, 0.25) is 0 Å². The number of thioether (sulfide) groups is 1. The molecule has 0 aliphatic carbocycles. The Kier molecular flexibility index (Phi) is 6.77. The van der Waals surface area contributed by atoms with Gasteiger partial charge < -0.3 is 20.8 Å². The Morgan fingerprint density at radius 1 is 1.37 bits per heavy atom. The van der Waals surface area contributed by atoms with Crippen LogP contribution in [0.4, 0.5) is 5.69 Å². The molecule has 0 atom stereocenters. The first-order chi connectivity index (χ1) is 12.8. The standard InChI is InChI=1S/C16H20N6O4S/c1-10-15(25)22(17)16(20-19-10)27-9-14(24)21(2)8-13(23)18-11-5-4-6-12(7-11)26-3/h4-7H,8-9,17H2,1-3H3,(H,18,23). The number of nitrogens with zero attached hydrogens (tertiary/aromatic N) is 4. The molecule has 2 aromatic rings. The molecule has 1 aromatic heterocycles. The van der Waals surface area contributed by atoms with E-state index in [9.17, 15) is 14.4 Å². The Bertz CT molecular complexity index is 901.